The van der Waals surface area contributed by atoms with Crippen molar-refractivity contribution in [3.8, 4) is 6.07 Å². The summed E-state index contributed by atoms with van der Waals surface area (Å²) in [5.41, 5.74) is 6.66. The molecule has 0 radical (unpaired) electrons. The molecule has 0 amide bonds. The quantitative estimate of drug-likeness (QED) is 0.820. The van der Waals surface area contributed by atoms with E-state index in [-0.39, 0.29) is 17.9 Å². The highest BCUT2D eigenvalue weighted by molar-refractivity contribution is 7.92. The monoisotopic (exact) mass is 253 g/mol. The van der Waals surface area contributed by atoms with E-state index in [9.17, 15) is 8.42 Å². The van der Waals surface area contributed by atoms with Crippen molar-refractivity contribution >= 4 is 21.4 Å². The van der Waals surface area contributed by atoms with Crippen LogP contribution in [0.1, 0.15) is 19.4 Å². The summed E-state index contributed by atoms with van der Waals surface area (Å²) in [7, 11) is -3.37. The van der Waals surface area contributed by atoms with Gasteiger partial charge < -0.3 is 5.73 Å². The topological polar surface area (TPSA) is 87.2 Å². The smallest absolute Gasteiger partial charge is 0.234 e. The van der Waals surface area contributed by atoms with E-state index in [1.54, 1.807) is 26.0 Å². The van der Waals surface area contributed by atoms with Crippen LogP contribution in [0.3, 0.4) is 0 Å². The third-order valence-corrected chi connectivity index (χ3v) is 4.25. The number of nitriles is 1. The van der Waals surface area contributed by atoms with Crippen LogP contribution in [0.5, 0.6) is 0 Å². The molecule has 2 N–H and O–H groups in total. The zero-order valence-electron chi connectivity index (χ0n) is 9.84. The van der Waals surface area contributed by atoms with E-state index < -0.39 is 10.0 Å². The van der Waals surface area contributed by atoms with Gasteiger partial charge in [0, 0.05) is 12.2 Å². The third kappa shape index (κ3) is 2.68. The second kappa shape index (κ2) is 5.06. The Balaban J connectivity index is 3.37. The maximum Gasteiger partial charge on any atom is 0.234 e. The Bertz CT molecular complexity index is 546. The van der Waals surface area contributed by atoms with Gasteiger partial charge in [-0.3, -0.25) is 4.31 Å². The molecule has 0 heterocycles. The van der Waals surface area contributed by atoms with Crippen LogP contribution in [0.4, 0.5) is 11.4 Å². The number of hydrogen-bond donors (Lipinski definition) is 1. The molecule has 1 aromatic carbocycles. The minimum atomic E-state index is -3.37. The van der Waals surface area contributed by atoms with Crippen molar-refractivity contribution in [2.75, 3.05) is 22.3 Å². The van der Waals surface area contributed by atoms with Crippen LogP contribution < -0.4 is 10.0 Å². The van der Waals surface area contributed by atoms with Gasteiger partial charge in [0.15, 0.2) is 0 Å². The second-order valence-corrected chi connectivity index (χ2v) is 5.64. The molecule has 5 nitrogen and oxygen atoms in total. The van der Waals surface area contributed by atoms with Crippen molar-refractivity contribution in [1.29, 1.82) is 5.26 Å². The normalized spacial score (nSPS) is 10.9. The lowest BCUT2D eigenvalue weighted by Crippen LogP contribution is -2.32. The number of hydrogen-bond acceptors (Lipinski definition) is 4. The van der Waals surface area contributed by atoms with Crippen LogP contribution in [0.2, 0.25) is 0 Å². The lowest BCUT2D eigenvalue weighted by Gasteiger charge is -2.23. The third-order valence-electron chi connectivity index (χ3n) is 2.40. The van der Waals surface area contributed by atoms with E-state index in [4.69, 9.17) is 11.0 Å². The molecule has 1 aromatic rings. The molecule has 0 unspecified atom stereocenters. The SMILES string of the molecule is CCN(c1ccc(N)cc1C#N)S(=O)(=O)CC. The van der Waals surface area contributed by atoms with E-state index in [0.717, 1.165) is 0 Å². The molecule has 0 aliphatic heterocycles. The zero-order chi connectivity index (χ0) is 13.1. The van der Waals surface area contributed by atoms with Crippen LogP contribution in [0.15, 0.2) is 18.2 Å². The summed E-state index contributed by atoms with van der Waals surface area (Å²) in [5, 5.41) is 9.00. The van der Waals surface area contributed by atoms with Gasteiger partial charge in [-0.2, -0.15) is 5.26 Å². The first-order chi connectivity index (χ1) is 7.96. The van der Waals surface area contributed by atoms with Crippen LogP contribution in [-0.4, -0.2) is 20.7 Å². The summed E-state index contributed by atoms with van der Waals surface area (Å²) in [6.07, 6.45) is 0. The molecule has 92 valence electrons. The first-order valence-corrected chi connectivity index (χ1v) is 6.87. The van der Waals surface area contributed by atoms with Gasteiger partial charge in [0.1, 0.15) is 6.07 Å². The fourth-order valence-corrected chi connectivity index (χ4v) is 2.70. The molecular weight excluding hydrogens is 238 g/mol. The molecule has 0 aliphatic carbocycles. The minimum Gasteiger partial charge on any atom is -0.399 e. The highest BCUT2D eigenvalue weighted by atomic mass is 32.2. The maximum atomic E-state index is 11.9. The summed E-state index contributed by atoms with van der Waals surface area (Å²) in [6, 6.07) is 6.58. The summed E-state index contributed by atoms with van der Waals surface area (Å²) >= 11 is 0. The summed E-state index contributed by atoms with van der Waals surface area (Å²) < 4.78 is 25.0. The Hall–Kier alpha value is -1.74. The van der Waals surface area contributed by atoms with Gasteiger partial charge in [0.2, 0.25) is 10.0 Å². The predicted molar refractivity (Wildman–Crippen MR) is 68.1 cm³/mol. The van der Waals surface area contributed by atoms with Gasteiger partial charge in [-0.25, -0.2) is 8.42 Å². The fraction of sp³-hybridized carbons (Fsp3) is 0.364. The Labute approximate surface area is 102 Å². The molecule has 0 bridgehead atoms. The maximum absolute atomic E-state index is 11.9. The summed E-state index contributed by atoms with van der Waals surface area (Å²) in [5.74, 6) is -0.00388. The second-order valence-electron chi connectivity index (χ2n) is 3.45. The fourth-order valence-electron chi connectivity index (χ4n) is 1.53. The number of benzene rings is 1. The van der Waals surface area contributed by atoms with Gasteiger partial charge in [-0.1, -0.05) is 0 Å². The average Bonchev–Trinajstić information content (AvgIpc) is 2.31. The molecule has 1 rings (SSSR count). The van der Waals surface area contributed by atoms with Crippen LogP contribution in [0.25, 0.3) is 0 Å². The lowest BCUT2D eigenvalue weighted by molar-refractivity contribution is 0.593. The minimum absolute atomic E-state index is 0.00388. The van der Waals surface area contributed by atoms with Gasteiger partial charge in [0.25, 0.3) is 0 Å². The van der Waals surface area contributed by atoms with E-state index in [1.165, 1.54) is 10.4 Å². The number of sulfonamides is 1. The molecule has 0 aliphatic rings. The highest BCUT2D eigenvalue weighted by Crippen LogP contribution is 2.24. The largest absolute Gasteiger partial charge is 0.399 e. The van der Waals surface area contributed by atoms with Crippen LogP contribution in [0, 0.1) is 11.3 Å². The Kier molecular flexibility index (Phi) is 3.97. The van der Waals surface area contributed by atoms with Crippen molar-refractivity contribution in [2.45, 2.75) is 13.8 Å². The molecule has 0 aromatic heterocycles. The number of anilines is 2. The number of nitrogen functional groups attached to an aromatic ring is 1. The Morgan fingerprint density at radius 2 is 2.06 bits per heavy atom. The first-order valence-electron chi connectivity index (χ1n) is 5.26. The highest BCUT2D eigenvalue weighted by Gasteiger charge is 2.21. The lowest BCUT2D eigenvalue weighted by atomic mass is 10.2. The van der Waals surface area contributed by atoms with Crippen molar-refractivity contribution in [3.63, 3.8) is 0 Å². The van der Waals surface area contributed by atoms with E-state index in [0.29, 0.717) is 11.4 Å². The molecule has 6 heteroatoms. The molecule has 0 spiro atoms. The number of nitrogens with two attached hydrogens (primary N) is 1. The van der Waals surface area contributed by atoms with Crippen molar-refractivity contribution in [2.24, 2.45) is 0 Å². The Morgan fingerprint density at radius 3 is 2.53 bits per heavy atom. The molecule has 0 fully saturated rings. The van der Waals surface area contributed by atoms with Gasteiger partial charge in [0.05, 0.1) is 17.0 Å². The van der Waals surface area contributed by atoms with E-state index in [2.05, 4.69) is 0 Å². The standard InChI is InChI=1S/C11H15N3O2S/c1-3-14(17(15,16)4-2)11-6-5-10(13)7-9(11)8-12/h5-7H,3-4,13H2,1-2H3. The number of nitrogens with zero attached hydrogens (tertiary/aromatic N) is 2. The number of rotatable bonds is 4. The molecule has 0 atom stereocenters. The van der Waals surface area contributed by atoms with Gasteiger partial charge in [-0.05, 0) is 32.0 Å². The molecule has 0 saturated heterocycles. The van der Waals surface area contributed by atoms with E-state index in [1.807, 2.05) is 6.07 Å². The van der Waals surface area contributed by atoms with Crippen molar-refractivity contribution < 1.29 is 8.42 Å². The Morgan fingerprint density at radius 1 is 1.41 bits per heavy atom. The van der Waals surface area contributed by atoms with Crippen molar-refractivity contribution in [3.05, 3.63) is 23.8 Å². The van der Waals surface area contributed by atoms with Crippen LogP contribution in [-0.2, 0) is 10.0 Å². The van der Waals surface area contributed by atoms with Gasteiger partial charge in [-0.15, -0.1) is 0 Å². The molecule has 0 saturated carbocycles. The van der Waals surface area contributed by atoms with Crippen molar-refractivity contribution in [1.82, 2.24) is 0 Å². The predicted octanol–water partition coefficient (Wildman–Crippen LogP) is 1.32. The van der Waals surface area contributed by atoms with Crippen LogP contribution >= 0.6 is 0 Å². The average molecular weight is 253 g/mol. The van der Waals surface area contributed by atoms with Gasteiger partial charge >= 0.3 is 0 Å². The molecular formula is C11H15N3O2S. The van der Waals surface area contributed by atoms with E-state index >= 15 is 0 Å². The summed E-state index contributed by atoms with van der Waals surface area (Å²) in [6.45, 7) is 3.58. The molecule has 17 heavy (non-hydrogen) atoms. The first kappa shape index (κ1) is 13.3. The summed E-state index contributed by atoms with van der Waals surface area (Å²) in [4.78, 5) is 0. The zero-order valence-corrected chi connectivity index (χ0v) is 10.7.